The standard InChI is InChI=1S/C13H18N2O3/c1-9(2)14-13(17)8-18-12-7-5-4-6-11(12)15-10(3)16/h4-7,9H,8H2,1-3H3,(H,14,17)(H,15,16). The van der Waals surface area contributed by atoms with Crippen LogP contribution in [0.5, 0.6) is 5.75 Å². The first kappa shape index (κ1) is 14.0. The molecule has 2 N–H and O–H groups in total. The van der Waals surface area contributed by atoms with Crippen LogP contribution in [0.15, 0.2) is 24.3 Å². The van der Waals surface area contributed by atoms with Crippen LogP contribution in [0.3, 0.4) is 0 Å². The van der Waals surface area contributed by atoms with Crippen molar-refractivity contribution in [2.75, 3.05) is 11.9 Å². The fourth-order valence-electron chi connectivity index (χ4n) is 1.39. The summed E-state index contributed by atoms with van der Waals surface area (Å²) >= 11 is 0. The number of para-hydroxylation sites is 2. The minimum Gasteiger partial charge on any atom is -0.482 e. The molecule has 0 unspecified atom stereocenters. The Hall–Kier alpha value is -2.04. The van der Waals surface area contributed by atoms with E-state index >= 15 is 0 Å². The van der Waals surface area contributed by atoms with Crippen molar-refractivity contribution in [2.45, 2.75) is 26.8 Å². The van der Waals surface area contributed by atoms with Crippen molar-refractivity contribution in [1.82, 2.24) is 5.32 Å². The molecule has 0 spiro atoms. The van der Waals surface area contributed by atoms with Gasteiger partial charge < -0.3 is 15.4 Å². The highest BCUT2D eigenvalue weighted by Crippen LogP contribution is 2.23. The Bertz CT molecular complexity index is 430. The van der Waals surface area contributed by atoms with Crippen molar-refractivity contribution < 1.29 is 14.3 Å². The number of rotatable bonds is 5. The van der Waals surface area contributed by atoms with E-state index < -0.39 is 0 Å². The van der Waals surface area contributed by atoms with Gasteiger partial charge in [0.1, 0.15) is 5.75 Å². The number of carbonyl (C=O) groups is 2. The first-order valence-electron chi connectivity index (χ1n) is 5.78. The summed E-state index contributed by atoms with van der Waals surface area (Å²) in [5.74, 6) is 0.104. The Kier molecular flexibility index (Phi) is 5.17. The van der Waals surface area contributed by atoms with E-state index in [0.29, 0.717) is 11.4 Å². The first-order chi connectivity index (χ1) is 8.49. The molecular weight excluding hydrogens is 232 g/mol. The van der Waals surface area contributed by atoms with Crippen LogP contribution in [0.25, 0.3) is 0 Å². The zero-order chi connectivity index (χ0) is 13.5. The zero-order valence-electron chi connectivity index (χ0n) is 10.8. The second-order valence-electron chi connectivity index (χ2n) is 4.19. The summed E-state index contributed by atoms with van der Waals surface area (Å²) in [7, 11) is 0. The maximum absolute atomic E-state index is 11.4. The molecule has 0 aromatic heterocycles. The fraction of sp³-hybridized carbons (Fsp3) is 0.385. The van der Waals surface area contributed by atoms with E-state index in [1.807, 2.05) is 13.8 Å². The predicted octanol–water partition coefficient (Wildman–Crippen LogP) is 1.55. The molecule has 0 heterocycles. The van der Waals surface area contributed by atoms with Crippen molar-refractivity contribution in [3.05, 3.63) is 24.3 Å². The maximum atomic E-state index is 11.4. The molecule has 0 radical (unpaired) electrons. The summed E-state index contributed by atoms with van der Waals surface area (Å²) in [6.07, 6.45) is 0. The lowest BCUT2D eigenvalue weighted by Crippen LogP contribution is -2.34. The zero-order valence-corrected chi connectivity index (χ0v) is 10.8. The van der Waals surface area contributed by atoms with Crippen molar-refractivity contribution in [3.63, 3.8) is 0 Å². The maximum Gasteiger partial charge on any atom is 0.258 e. The fourth-order valence-corrected chi connectivity index (χ4v) is 1.39. The highest BCUT2D eigenvalue weighted by molar-refractivity contribution is 5.90. The molecule has 0 atom stereocenters. The Morgan fingerprint density at radius 2 is 1.94 bits per heavy atom. The number of amides is 2. The van der Waals surface area contributed by atoms with Gasteiger partial charge in [0, 0.05) is 13.0 Å². The highest BCUT2D eigenvalue weighted by atomic mass is 16.5. The van der Waals surface area contributed by atoms with Crippen LogP contribution in [0.4, 0.5) is 5.69 Å². The van der Waals surface area contributed by atoms with Crippen LogP contribution < -0.4 is 15.4 Å². The minimum atomic E-state index is -0.192. The molecule has 98 valence electrons. The number of benzene rings is 1. The lowest BCUT2D eigenvalue weighted by atomic mass is 10.3. The molecule has 0 aliphatic rings. The smallest absolute Gasteiger partial charge is 0.258 e. The quantitative estimate of drug-likeness (QED) is 0.833. The van der Waals surface area contributed by atoms with Crippen molar-refractivity contribution >= 4 is 17.5 Å². The summed E-state index contributed by atoms with van der Waals surface area (Å²) in [4.78, 5) is 22.4. The predicted molar refractivity (Wildman–Crippen MR) is 69.5 cm³/mol. The average Bonchev–Trinajstić information content (AvgIpc) is 2.26. The highest BCUT2D eigenvalue weighted by Gasteiger charge is 2.08. The second kappa shape index (κ2) is 6.64. The number of hydrogen-bond donors (Lipinski definition) is 2. The molecule has 0 fully saturated rings. The Morgan fingerprint density at radius 3 is 2.56 bits per heavy atom. The van der Waals surface area contributed by atoms with Crippen LogP contribution in [0.2, 0.25) is 0 Å². The number of nitrogens with one attached hydrogen (secondary N) is 2. The van der Waals surface area contributed by atoms with E-state index in [1.54, 1.807) is 24.3 Å². The number of carbonyl (C=O) groups excluding carboxylic acids is 2. The Labute approximate surface area is 107 Å². The van der Waals surface area contributed by atoms with E-state index in [4.69, 9.17) is 4.74 Å². The number of anilines is 1. The van der Waals surface area contributed by atoms with Gasteiger partial charge in [0.25, 0.3) is 5.91 Å². The molecule has 5 nitrogen and oxygen atoms in total. The summed E-state index contributed by atoms with van der Waals surface area (Å²) in [5, 5.41) is 5.36. The summed E-state index contributed by atoms with van der Waals surface area (Å²) in [6, 6.07) is 7.06. The van der Waals surface area contributed by atoms with Gasteiger partial charge in [0.2, 0.25) is 5.91 Å². The van der Waals surface area contributed by atoms with E-state index in [1.165, 1.54) is 6.92 Å². The lowest BCUT2D eigenvalue weighted by Gasteiger charge is -2.12. The SMILES string of the molecule is CC(=O)Nc1ccccc1OCC(=O)NC(C)C. The molecule has 1 aromatic carbocycles. The third-order valence-electron chi connectivity index (χ3n) is 2.01. The summed E-state index contributed by atoms with van der Waals surface area (Å²) in [5.41, 5.74) is 0.558. The Balaban J connectivity index is 2.61. The van der Waals surface area contributed by atoms with Crippen LogP contribution in [0, 0.1) is 0 Å². The third-order valence-corrected chi connectivity index (χ3v) is 2.01. The molecule has 2 amide bonds. The molecular formula is C13H18N2O3. The second-order valence-corrected chi connectivity index (χ2v) is 4.19. The van der Waals surface area contributed by atoms with Gasteiger partial charge in [-0.2, -0.15) is 0 Å². The van der Waals surface area contributed by atoms with Crippen LogP contribution in [-0.4, -0.2) is 24.5 Å². The van der Waals surface area contributed by atoms with E-state index in [0.717, 1.165) is 0 Å². The number of hydrogen-bond acceptors (Lipinski definition) is 3. The molecule has 0 bridgehead atoms. The van der Waals surface area contributed by atoms with Crippen LogP contribution in [0.1, 0.15) is 20.8 Å². The topological polar surface area (TPSA) is 67.4 Å². The lowest BCUT2D eigenvalue weighted by molar-refractivity contribution is -0.123. The molecule has 1 aromatic rings. The van der Waals surface area contributed by atoms with Crippen molar-refractivity contribution in [3.8, 4) is 5.75 Å². The van der Waals surface area contributed by atoms with E-state index in [9.17, 15) is 9.59 Å². The molecule has 5 heteroatoms. The molecule has 0 aliphatic carbocycles. The summed E-state index contributed by atoms with van der Waals surface area (Å²) in [6.45, 7) is 5.10. The van der Waals surface area contributed by atoms with Crippen LogP contribution in [-0.2, 0) is 9.59 Å². The normalized spacial score (nSPS) is 10.0. The van der Waals surface area contributed by atoms with Gasteiger partial charge in [-0.15, -0.1) is 0 Å². The van der Waals surface area contributed by atoms with Gasteiger partial charge in [-0.1, -0.05) is 12.1 Å². The van der Waals surface area contributed by atoms with Gasteiger partial charge in [0.05, 0.1) is 5.69 Å². The molecule has 0 aliphatic heterocycles. The number of ether oxygens (including phenoxy) is 1. The Morgan fingerprint density at radius 1 is 1.28 bits per heavy atom. The monoisotopic (exact) mass is 250 g/mol. The van der Waals surface area contributed by atoms with Crippen molar-refractivity contribution in [1.29, 1.82) is 0 Å². The minimum absolute atomic E-state index is 0.0746. The molecule has 18 heavy (non-hydrogen) atoms. The molecule has 1 rings (SSSR count). The van der Waals surface area contributed by atoms with Gasteiger partial charge in [-0.25, -0.2) is 0 Å². The molecule has 0 saturated heterocycles. The van der Waals surface area contributed by atoms with Crippen LogP contribution >= 0.6 is 0 Å². The first-order valence-corrected chi connectivity index (χ1v) is 5.78. The summed E-state index contributed by atoms with van der Waals surface area (Å²) < 4.78 is 5.37. The largest absolute Gasteiger partial charge is 0.482 e. The molecule has 0 saturated carbocycles. The van der Waals surface area contributed by atoms with Gasteiger partial charge >= 0.3 is 0 Å². The van der Waals surface area contributed by atoms with E-state index in [2.05, 4.69) is 10.6 Å². The van der Waals surface area contributed by atoms with Gasteiger partial charge in [-0.05, 0) is 26.0 Å². The van der Waals surface area contributed by atoms with E-state index in [-0.39, 0.29) is 24.5 Å². The average molecular weight is 250 g/mol. The third kappa shape index (κ3) is 4.86. The van der Waals surface area contributed by atoms with Gasteiger partial charge in [-0.3, -0.25) is 9.59 Å². The van der Waals surface area contributed by atoms with Gasteiger partial charge in [0.15, 0.2) is 6.61 Å². The van der Waals surface area contributed by atoms with Crippen molar-refractivity contribution in [2.24, 2.45) is 0 Å².